The summed E-state index contributed by atoms with van der Waals surface area (Å²) in [7, 11) is 2.15. The lowest BCUT2D eigenvalue weighted by atomic mass is 10.1. The van der Waals surface area contributed by atoms with Crippen LogP contribution in [0.5, 0.6) is 0 Å². The number of anilines is 2. The minimum Gasteiger partial charge on any atom is -0.354 e. The van der Waals surface area contributed by atoms with E-state index in [0.29, 0.717) is 24.5 Å². The molecular formula is C22H29ClN6O. The number of aromatic nitrogens is 2. The fourth-order valence-electron chi connectivity index (χ4n) is 3.95. The summed E-state index contributed by atoms with van der Waals surface area (Å²) in [5.41, 5.74) is 1.86. The van der Waals surface area contributed by atoms with Gasteiger partial charge in [-0.15, -0.1) is 0 Å². The first-order valence-electron chi connectivity index (χ1n) is 10.5. The van der Waals surface area contributed by atoms with Crippen LogP contribution in [0.4, 0.5) is 11.8 Å². The highest BCUT2D eigenvalue weighted by atomic mass is 35.5. The van der Waals surface area contributed by atoms with Crippen molar-refractivity contribution in [2.24, 2.45) is 0 Å². The molecular weight excluding hydrogens is 400 g/mol. The van der Waals surface area contributed by atoms with Gasteiger partial charge in [0.25, 0.3) is 0 Å². The summed E-state index contributed by atoms with van der Waals surface area (Å²) < 4.78 is 0. The van der Waals surface area contributed by atoms with Gasteiger partial charge in [0.1, 0.15) is 5.82 Å². The molecule has 0 saturated carbocycles. The van der Waals surface area contributed by atoms with Gasteiger partial charge < -0.3 is 19.6 Å². The van der Waals surface area contributed by atoms with Crippen molar-refractivity contribution in [2.75, 3.05) is 69.2 Å². The summed E-state index contributed by atoms with van der Waals surface area (Å²) >= 11 is 6.21. The number of piperazine rings is 2. The van der Waals surface area contributed by atoms with E-state index in [4.69, 9.17) is 16.6 Å². The molecule has 2 aliphatic heterocycles. The highest BCUT2D eigenvalue weighted by Gasteiger charge is 2.24. The molecule has 0 bridgehead atoms. The summed E-state index contributed by atoms with van der Waals surface area (Å²) in [6.07, 6.45) is 0.341. The zero-order chi connectivity index (χ0) is 21.1. The highest BCUT2D eigenvalue weighted by Crippen LogP contribution is 2.21. The summed E-state index contributed by atoms with van der Waals surface area (Å²) in [5.74, 6) is 1.89. The molecule has 4 rings (SSSR count). The molecule has 30 heavy (non-hydrogen) atoms. The Labute approximate surface area is 183 Å². The maximum Gasteiger partial charge on any atom is 0.227 e. The summed E-state index contributed by atoms with van der Waals surface area (Å²) in [6.45, 7) is 8.89. The Kier molecular flexibility index (Phi) is 6.39. The monoisotopic (exact) mass is 428 g/mol. The maximum atomic E-state index is 12.7. The van der Waals surface area contributed by atoms with Gasteiger partial charge >= 0.3 is 0 Å². The van der Waals surface area contributed by atoms with Crippen molar-refractivity contribution in [3.8, 4) is 0 Å². The molecule has 0 radical (unpaired) electrons. The molecule has 2 fully saturated rings. The minimum absolute atomic E-state index is 0.117. The van der Waals surface area contributed by atoms with Crippen LogP contribution in [-0.4, -0.2) is 85.1 Å². The van der Waals surface area contributed by atoms with Gasteiger partial charge in [-0.1, -0.05) is 29.8 Å². The van der Waals surface area contributed by atoms with Crippen LogP contribution >= 0.6 is 11.6 Å². The molecule has 2 saturated heterocycles. The number of halogens is 1. The van der Waals surface area contributed by atoms with Gasteiger partial charge in [0, 0.05) is 69.1 Å². The number of benzene rings is 1. The van der Waals surface area contributed by atoms with E-state index in [9.17, 15) is 4.79 Å². The molecule has 0 N–H and O–H groups in total. The van der Waals surface area contributed by atoms with Gasteiger partial charge in [-0.25, -0.2) is 4.98 Å². The van der Waals surface area contributed by atoms with E-state index in [2.05, 4.69) is 32.8 Å². The Morgan fingerprint density at radius 3 is 2.33 bits per heavy atom. The molecule has 2 aromatic rings. The first-order chi connectivity index (χ1) is 14.5. The van der Waals surface area contributed by atoms with Crippen LogP contribution in [0, 0.1) is 6.92 Å². The van der Waals surface area contributed by atoms with Gasteiger partial charge in [-0.3, -0.25) is 4.79 Å². The Morgan fingerprint density at radius 1 is 0.967 bits per heavy atom. The van der Waals surface area contributed by atoms with Crippen molar-refractivity contribution in [3.63, 3.8) is 0 Å². The molecule has 1 aromatic heterocycles. The summed E-state index contributed by atoms with van der Waals surface area (Å²) in [5, 5.41) is 0.647. The predicted molar refractivity (Wildman–Crippen MR) is 120 cm³/mol. The van der Waals surface area contributed by atoms with Crippen LogP contribution in [0.25, 0.3) is 0 Å². The summed E-state index contributed by atoms with van der Waals surface area (Å²) in [4.78, 5) is 31.0. The maximum absolute atomic E-state index is 12.7. The molecule has 0 atom stereocenters. The van der Waals surface area contributed by atoms with E-state index in [1.54, 1.807) is 0 Å². The lowest BCUT2D eigenvalue weighted by Gasteiger charge is -2.36. The molecule has 0 aliphatic carbocycles. The number of aryl methyl sites for hydroxylation is 1. The lowest BCUT2D eigenvalue weighted by molar-refractivity contribution is -0.130. The molecule has 0 unspecified atom stereocenters. The van der Waals surface area contributed by atoms with E-state index < -0.39 is 0 Å². The third-order valence-electron chi connectivity index (χ3n) is 5.87. The third-order valence-corrected chi connectivity index (χ3v) is 6.24. The van der Waals surface area contributed by atoms with Crippen LogP contribution < -0.4 is 9.80 Å². The Morgan fingerprint density at radius 2 is 1.63 bits per heavy atom. The van der Waals surface area contributed by atoms with E-state index in [1.165, 1.54) is 0 Å². The molecule has 3 heterocycles. The zero-order valence-electron chi connectivity index (χ0n) is 17.7. The Bertz CT molecular complexity index is 891. The topological polar surface area (TPSA) is 55.8 Å². The number of hydrogen-bond donors (Lipinski definition) is 0. The first-order valence-corrected chi connectivity index (χ1v) is 10.9. The Hall–Kier alpha value is -2.38. The van der Waals surface area contributed by atoms with Crippen molar-refractivity contribution in [1.29, 1.82) is 0 Å². The second-order valence-electron chi connectivity index (χ2n) is 8.09. The number of carbonyl (C=O) groups is 1. The predicted octanol–water partition coefficient (Wildman–Crippen LogP) is 2.08. The fourth-order valence-corrected chi connectivity index (χ4v) is 4.15. The number of hydrogen-bond acceptors (Lipinski definition) is 6. The van der Waals surface area contributed by atoms with Crippen LogP contribution in [0.2, 0.25) is 5.02 Å². The quantitative estimate of drug-likeness (QED) is 0.743. The standard InChI is InChI=1S/C22H29ClN6O/c1-17-15-20(27-9-7-26(2)8-10-27)25-22(24-17)29-13-11-28(12-14-29)21(30)16-18-5-3-4-6-19(18)23/h3-6,15H,7-14,16H2,1-2H3. The van der Waals surface area contributed by atoms with Crippen molar-refractivity contribution in [3.05, 3.63) is 46.6 Å². The smallest absolute Gasteiger partial charge is 0.227 e. The molecule has 8 heteroatoms. The molecule has 1 amide bonds. The van der Waals surface area contributed by atoms with Crippen LogP contribution in [0.1, 0.15) is 11.3 Å². The highest BCUT2D eigenvalue weighted by molar-refractivity contribution is 6.31. The average Bonchev–Trinajstić information content (AvgIpc) is 2.75. The number of carbonyl (C=O) groups excluding carboxylic acids is 1. The van der Waals surface area contributed by atoms with Gasteiger partial charge in [0.05, 0.1) is 6.42 Å². The minimum atomic E-state index is 0.117. The molecule has 2 aliphatic rings. The molecule has 0 spiro atoms. The van der Waals surface area contributed by atoms with Gasteiger partial charge in [-0.2, -0.15) is 4.98 Å². The van der Waals surface area contributed by atoms with Crippen LogP contribution in [-0.2, 0) is 11.2 Å². The molecule has 160 valence electrons. The second-order valence-corrected chi connectivity index (χ2v) is 8.50. The Balaban J connectivity index is 1.38. The van der Waals surface area contributed by atoms with E-state index >= 15 is 0 Å². The lowest BCUT2D eigenvalue weighted by Crippen LogP contribution is -2.50. The SMILES string of the molecule is Cc1cc(N2CCN(C)CC2)nc(N2CCN(C(=O)Cc3ccccc3Cl)CC2)n1. The molecule has 1 aromatic carbocycles. The number of amides is 1. The average molecular weight is 429 g/mol. The first kappa shape index (κ1) is 20.9. The van der Waals surface area contributed by atoms with Crippen molar-refractivity contribution >= 4 is 29.3 Å². The van der Waals surface area contributed by atoms with Crippen molar-refractivity contribution in [1.82, 2.24) is 19.8 Å². The molecule has 7 nitrogen and oxygen atoms in total. The largest absolute Gasteiger partial charge is 0.354 e. The van der Waals surface area contributed by atoms with Crippen LogP contribution in [0.15, 0.2) is 30.3 Å². The summed E-state index contributed by atoms with van der Waals surface area (Å²) in [6, 6.07) is 9.61. The van der Waals surface area contributed by atoms with E-state index in [1.807, 2.05) is 36.1 Å². The normalized spacial score (nSPS) is 18.0. The second kappa shape index (κ2) is 9.18. The van der Waals surface area contributed by atoms with Gasteiger partial charge in [-0.05, 0) is 25.6 Å². The van der Waals surface area contributed by atoms with Crippen molar-refractivity contribution in [2.45, 2.75) is 13.3 Å². The van der Waals surface area contributed by atoms with Crippen molar-refractivity contribution < 1.29 is 4.79 Å². The third kappa shape index (κ3) is 4.84. The number of rotatable bonds is 4. The number of likely N-dealkylation sites (N-methyl/N-ethyl adjacent to an activating group) is 1. The van der Waals surface area contributed by atoms with E-state index in [-0.39, 0.29) is 5.91 Å². The fraction of sp³-hybridized carbons (Fsp3) is 0.500. The van der Waals surface area contributed by atoms with Gasteiger partial charge in [0.15, 0.2) is 0 Å². The van der Waals surface area contributed by atoms with Crippen LogP contribution in [0.3, 0.4) is 0 Å². The number of nitrogens with zero attached hydrogens (tertiary/aromatic N) is 6. The zero-order valence-corrected chi connectivity index (χ0v) is 18.5. The van der Waals surface area contributed by atoms with E-state index in [0.717, 1.165) is 62.3 Å². The van der Waals surface area contributed by atoms with Gasteiger partial charge in [0.2, 0.25) is 11.9 Å².